The molecule has 4 aromatic carbocycles. The maximum atomic E-state index is 2.54. The van der Waals surface area contributed by atoms with Gasteiger partial charge in [0.25, 0.3) is 0 Å². The number of benzene rings is 4. The first-order chi connectivity index (χ1) is 20.9. The monoisotopic (exact) mass is 594 g/mol. The highest BCUT2D eigenvalue weighted by Crippen LogP contribution is 2.81. The van der Waals surface area contributed by atoms with Crippen molar-refractivity contribution >= 4 is 38.3 Å². The van der Waals surface area contributed by atoms with Crippen LogP contribution >= 0.6 is 16.5 Å². The van der Waals surface area contributed by atoms with Crippen LogP contribution in [0.25, 0.3) is 21.8 Å². The summed E-state index contributed by atoms with van der Waals surface area (Å²) in [6.07, 6.45) is 2.29. The van der Waals surface area contributed by atoms with Crippen molar-refractivity contribution in [3.8, 4) is 0 Å². The van der Waals surface area contributed by atoms with Gasteiger partial charge >= 0.3 is 0 Å². The second kappa shape index (κ2) is 11.0. The van der Waals surface area contributed by atoms with Crippen molar-refractivity contribution in [2.24, 2.45) is 10.8 Å². The molecule has 1 unspecified atom stereocenters. The van der Waals surface area contributed by atoms with E-state index in [-0.39, 0.29) is 10.8 Å². The van der Waals surface area contributed by atoms with Gasteiger partial charge in [0.1, 0.15) is 0 Å². The summed E-state index contributed by atoms with van der Waals surface area (Å²) in [4.78, 5) is 0. The maximum absolute atomic E-state index is 2.54. The number of hydrogen-bond acceptors (Lipinski definition) is 0. The summed E-state index contributed by atoms with van der Waals surface area (Å²) in [7, 11) is 0.148. The van der Waals surface area contributed by atoms with E-state index in [0.717, 1.165) is 6.42 Å². The standard InChI is InChI=1S/C41H40P2/c1-6-33-37(42-36(31-23-15-9-16-24-31)34(40(33,3)4)29-19-11-7-12-20-29)38-28(2)41(5)27-43(38)39(32-25-17-10-18-26-32)35(41)30-21-13-8-14-22-30/h7-26,42H,6,27H2,1-5H3/t41-,43-/m1/s1. The summed E-state index contributed by atoms with van der Waals surface area (Å²) < 4.78 is 0. The van der Waals surface area contributed by atoms with Crippen LogP contribution in [-0.2, 0) is 0 Å². The Bertz CT molecular complexity index is 1810. The van der Waals surface area contributed by atoms with E-state index in [9.17, 15) is 0 Å². The minimum absolute atomic E-state index is 0.0460. The molecule has 3 aliphatic rings. The first kappa shape index (κ1) is 28.5. The van der Waals surface area contributed by atoms with Crippen LogP contribution in [0.1, 0.15) is 63.3 Å². The molecule has 214 valence electrons. The predicted molar refractivity (Wildman–Crippen MR) is 191 cm³/mol. The lowest BCUT2D eigenvalue weighted by Gasteiger charge is -2.42. The van der Waals surface area contributed by atoms with E-state index in [1.54, 1.807) is 32.7 Å². The molecule has 0 saturated carbocycles. The highest BCUT2D eigenvalue weighted by atomic mass is 31.1. The quantitative estimate of drug-likeness (QED) is 0.195. The molecular formula is C41H40P2. The van der Waals surface area contributed by atoms with E-state index in [4.69, 9.17) is 0 Å². The molecule has 0 spiro atoms. The van der Waals surface area contributed by atoms with E-state index in [0.29, 0.717) is 8.58 Å². The molecule has 0 amide bonds. The number of hydrogen-bond donors (Lipinski definition) is 0. The van der Waals surface area contributed by atoms with Crippen molar-refractivity contribution in [1.29, 1.82) is 0 Å². The van der Waals surface area contributed by atoms with Crippen LogP contribution in [0.2, 0.25) is 0 Å². The zero-order valence-corrected chi connectivity index (χ0v) is 27.8. The molecule has 0 nitrogen and oxygen atoms in total. The third-order valence-corrected chi connectivity index (χ3v) is 14.9. The molecule has 0 fully saturated rings. The van der Waals surface area contributed by atoms with Crippen molar-refractivity contribution in [2.45, 2.75) is 41.0 Å². The molecule has 3 aliphatic heterocycles. The summed E-state index contributed by atoms with van der Waals surface area (Å²) >= 11 is 0. The Labute approximate surface area is 260 Å². The summed E-state index contributed by atoms with van der Waals surface area (Å²) in [5.74, 6) is 0. The fourth-order valence-electron chi connectivity index (χ4n) is 7.90. The third kappa shape index (κ3) is 4.49. The average Bonchev–Trinajstić information content (AvgIpc) is 3.49. The zero-order valence-electron chi connectivity index (χ0n) is 25.9. The second-order valence-electron chi connectivity index (χ2n) is 12.8. The van der Waals surface area contributed by atoms with Crippen molar-refractivity contribution in [1.82, 2.24) is 0 Å². The fraction of sp³-hybridized carbons (Fsp3) is 0.220. The van der Waals surface area contributed by atoms with Gasteiger partial charge in [-0.05, 0) is 82.1 Å². The minimum Gasteiger partial charge on any atom is -0.0622 e. The van der Waals surface area contributed by atoms with Crippen molar-refractivity contribution in [3.05, 3.63) is 165 Å². The molecule has 0 saturated heterocycles. The minimum atomic E-state index is -0.490. The normalized spacial score (nSPS) is 23.6. The second-order valence-corrected chi connectivity index (χ2v) is 16.1. The summed E-state index contributed by atoms with van der Waals surface area (Å²) in [6.45, 7) is 12.4. The van der Waals surface area contributed by atoms with Gasteiger partial charge in [-0.3, -0.25) is 0 Å². The smallest absolute Gasteiger partial charge is 0.0198 e. The first-order valence-electron chi connectivity index (χ1n) is 15.6. The summed E-state index contributed by atoms with van der Waals surface area (Å²) in [6, 6.07) is 44.9. The van der Waals surface area contributed by atoms with Crippen LogP contribution in [-0.4, -0.2) is 6.16 Å². The largest absolute Gasteiger partial charge is 0.0622 e. The zero-order chi connectivity index (χ0) is 29.8. The van der Waals surface area contributed by atoms with Gasteiger partial charge in [-0.2, -0.15) is 0 Å². The molecule has 2 heteroatoms. The van der Waals surface area contributed by atoms with E-state index in [2.05, 4.69) is 156 Å². The van der Waals surface area contributed by atoms with Crippen LogP contribution in [0.5, 0.6) is 0 Å². The maximum Gasteiger partial charge on any atom is 0.0198 e. The first-order valence-corrected chi connectivity index (χ1v) is 18.1. The van der Waals surface area contributed by atoms with Gasteiger partial charge in [-0.1, -0.05) is 169 Å². The van der Waals surface area contributed by atoms with Crippen molar-refractivity contribution < 1.29 is 0 Å². The van der Waals surface area contributed by atoms with Gasteiger partial charge in [-0.25, -0.2) is 0 Å². The van der Waals surface area contributed by atoms with E-state index in [1.807, 2.05) is 0 Å². The summed E-state index contributed by atoms with van der Waals surface area (Å²) in [5.41, 5.74) is 11.8. The lowest BCUT2D eigenvalue weighted by Crippen LogP contribution is -2.23. The Morgan fingerprint density at radius 1 is 0.581 bits per heavy atom. The van der Waals surface area contributed by atoms with Crippen LogP contribution in [0, 0.1) is 10.8 Å². The number of allylic oxidation sites excluding steroid dienone is 6. The average molecular weight is 595 g/mol. The van der Waals surface area contributed by atoms with Crippen LogP contribution in [0.3, 0.4) is 0 Å². The number of fused-ring (bicyclic) bond motifs is 2. The highest BCUT2D eigenvalue weighted by molar-refractivity contribution is 7.75. The highest BCUT2D eigenvalue weighted by Gasteiger charge is 2.54. The Morgan fingerprint density at radius 3 is 1.56 bits per heavy atom. The molecule has 43 heavy (non-hydrogen) atoms. The molecule has 3 atom stereocenters. The van der Waals surface area contributed by atoms with Crippen LogP contribution in [0.15, 0.2) is 143 Å². The lowest BCUT2D eigenvalue weighted by molar-refractivity contribution is 0.578. The van der Waals surface area contributed by atoms with Crippen LogP contribution < -0.4 is 0 Å². The fourth-order valence-corrected chi connectivity index (χ4v) is 14.3. The topological polar surface area (TPSA) is 0 Å². The lowest BCUT2D eigenvalue weighted by atomic mass is 9.71. The van der Waals surface area contributed by atoms with Gasteiger partial charge in [0.05, 0.1) is 0 Å². The number of rotatable bonds is 6. The van der Waals surface area contributed by atoms with Gasteiger partial charge in [0.15, 0.2) is 0 Å². The Kier molecular flexibility index (Phi) is 7.29. The molecule has 2 bridgehead atoms. The van der Waals surface area contributed by atoms with E-state index in [1.165, 1.54) is 39.3 Å². The molecular weight excluding hydrogens is 554 g/mol. The van der Waals surface area contributed by atoms with E-state index < -0.39 is 7.92 Å². The Morgan fingerprint density at radius 2 is 1.05 bits per heavy atom. The predicted octanol–water partition coefficient (Wildman–Crippen LogP) is 12.3. The van der Waals surface area contributed by atoms with Gasteiger partial charge < -0.3 is 0 Å². The van der Waals surface area contributed by atoms with Gasteiger partial charge in [0, 0.05) is 10.8 Å². The Hall–Kier alpha value is -3.30. The molecule has 0 radical (unpaired) electrons. The molecule has 0 aromatic heterocycles. The van der Waals surface area contributed by atoms with E-state index >= 15 is 0 Å². The molecule has 0 aliphatic carbocycles. The molecule has 0 N–H and O–H groups in total. The van der Waals surface area contributed by atoms with Gasteiger partial charge in [-0.15, -0.1) is 0 Å². The third-order valence-electron chi connectivity index (χ3n) is 9.99. The van der Waals surface area contributed by atoms with Crippen molar-refractivity contribution in [3.63, 3.8) is 0 Å². The Balaban J connectivity index is 1.46. The van der Waals surface area contributed by atoms with Crippen LogP contribution in [0.4, 0.5) is 0 Å². The molecule has 4 aromatic rings. The SMILES string of the molecule is CCC1=C(C2=C(C)[C@@]3(C)C[P@@]2C(c2ccccc2)=C3c2ccccc2)PC(c2ccccc2)=C(c2ccccc2)C1(C)C. The molecule has 3 heterocycles. The van der Waals surface area contributed by atoms with Crippen molar-refractivity contribution in [2.75, 3.05) is 6.16 Å². The van der Waals surface area contributed by atoms with Gasteiger partial charge in [0.2, 0.25) is 0 Å². The summed E-state index contributed by atoms with van der Waals surface area (Å²) in [5, 5.41) is 6.47. The molecule has 7 rings (SSSR count).